The number of rotatable bonds is 4. The first kappa shape index (κ1) is 13.8. The Morgan fingerprint density at radius 2 is 2.33 bits per heavy atom. The molecule has 2 rings (SSSR count). The molecule has 0 saturated heterocycles. The normalized spacial score (nSPS) is 12.7. The molecule has 0 spiro atoms. The van der Waals surface area contributed by atoms with Crippen LogP contribution < -0.4 is 11.3 Å². The molecule has 0 radical (unpaired) electrons. The van der Waals surface area contributed by atoms with E-state index in [2.05, 4.69) is 65.4 Å². The predicted molar refractivity (Wildman–Crippen MR) is 79.4 cm³/mol. The van der Waals surface area contributed by atoms with Crippen LogP contribution in [0.25, 0.3) is 0 Å². The molecule has 8 heteroatoms. The maximum atomic E-state index is 5.62. The number of nitrogens with one attached hydrogen (secondary N) is 1. The molecular weight excluding hydrogens is 411 g/mol. The quantitative estimate of drug-likeness (QED) is 0.441. The van der Waals surface area contributed by atoms with Crippen LogP contribution in [0.1, 0.15) is 17.4 Å². The van der Waals surface area contributed by atoms with E-state index < -0.39 is 0 Å². The van der Waals surface area contributed by atoms with E-state index in [9.17, 15) is 0 Å². The van der Waals surface area contributed by atoms with Gasteiger partial charge in [-0.3, -0.25) is 11.3 Å². The van der Waals surface area contributed by atoms with Gasteiger partial charge in [0, 0.05) is 14.5 Å². The van der Waals surface area contributed by atoms with Gasteiger partial charge in [0.05, 0.1) is 13.1 Å². The molecule has 96 valence electrons. The molecule has 1 aromatic carbocycles. The fourth-order valence-corrected chi connectivity index (χ4v) is 2.67. The largest absolute Gasteiger partial charge is 0.271 e. The van der Waals surface area contributed by atoms with Crippen molar-refractivity contribution in [3.63, 3.8) is 0 Å². The number of nitrogens with zero attached hydrogens (tertiary/aromatic N) is 4. The van der Waals surface area contributed by atoms with Crippen molar-refractivity contribution in [3.05, 3.63) is 37.6 Å². The number of benzene rings is 1. The Labute approximate surface area is 127 Å². The van der Waals surface area contributed by atoms with Crippen LogP contribution in [0, 0.1) is 3.57 Å². The smallest absolute Gasteiger partial charge is 0.176 e. The van der Waals surface area contributed by atoms with Crippen molar-refractivity contribution in [3.8, 4) is 0 Å². The molecule has 0 aliphatic rings. The summed E-state index contributed by atoms with van der Waals surface area (Å²) in [4.78, 5) is 1.44. The fraction of sp³-hybridized carbons (Fsp3) is 0.300. The highest BCUT2D eigenvalue weighted by molar-refractivity contribution is 14.1. The molecule has 6 nitrogen and oxygen atoms in total. The third-order valence-corrected chi connectivity index (χ3v) is 3.86. The highest BCUT2D eigenvalue weighted by Gasteiger charge is 2.16. The van der Waals surface area contributed by atoms with Crippen molar-refractivity contribution in [2.45, 2.75) is 12.5 Å². The number of tetrazole rings is 1. The minimum Gasteiger partial charge on any atom is -0.271 e. The number of hydrazine groups is 1. The van der Waals surface area contributed by atoms with Crippen LogP contribution in [0.5, 0.6) is 0 Å². The summed E-state index contributed by atoms with van der Waals surface area (Å²) in [6.07, 6.45) is 0.586. The number of halogens is 2. The lowest BCUT2D eigenvalue weighted by molar-refractivity contribution is 0.534. The van der Waals surface area contributed by atoms with E-state index in [1.807, 2.05) is 12.1 Å². The highest BCUT2D eigenvalue weighted by Crippen LogP contribution is 2.26. The summed E-state index contributed by atoms with van der Waals surface area (Å²) in [6, 6.07) is 6.05. The van der Waals surface area contributed by atoms with Gasteiger partial charge in [0.2, 0.25) is 0 Å². The average molecular weight is 423 g/mol. The zero-order valence-corrected chi connectivity index (χ0v) is 13.4. The first-order valence-corrected chi connectivity index (χ1v) is 7.11. The molecule has 0 aliphatic heterocycles. The van der Waals surface area contributed by atoms with E-state index in [0.29, 0.717) is 12.2 Å². The van der Waals surface area contributed by atoms with E-state index in [-0.39, 0.29) is 6.04 Å². The lowest BCUT2D eigenvalue weighted by Gasteiger charge is -2.16. The summed E-state index contributed by atoms with van der Waals surface area (Å²) in [7, 11) is 1.74. The van der Waals surface area contributed by atoms with Gasteiger partial charge in [0.15, 0.2) is 5.82 Å². The van der Waals surface area contributed by atoms with E-state index in [4.69, 9.17) is 5.84 Å². The summed E-state index contributed by atoms with van der Waals surface area (Å²) in [6.45, 7) is 0. The predicted octanol–water partition coefficient (Wildman–Crippen LogP) is 1.32. The van der Waals surface area contributed by atoms with Gasteiger partial charge >= 0.3 is 0 Å². The fourth-order valence-electron chi connectivity index (χ4n) is 1.63. The summed E-state index contributed by atoms with van der Waals surface area (Å²) in [5.74, 6) is 6.28. The van der Waals surface area contributed by atoms with Crippen LogP contribution in [0.2, 0.25) is 0 Å². The van der Waals surface area contributed by atoms with Crippen LogP contribution in [-0.4, -0.2) is 20.2 Å². The maximum Gasteiger partial charge on any atom is 0.176 e. The second-order valence-corrected chi connectivity index (χ2v) is 5.88. The first-order chi connectivity index (χ1) is 8.60. The molecule has 18 heavy (non-hydrogen) atoms. The van der Waals surface area contributed by atoms with Crippen molar-refractivity contribution in [2.75, 3.05) is 0 Å². The average Bonchev–Trinajstić information content (AvgIpc) is 2.75. The number of nitrogens with two attached hydrogens (primary N) is 1. The zero-order chi connectivity index (χ0) is 13.1. The molecule has 1 aromatic heterocycles. The Bertz CT molecular complexity index is 543. The minimum atomic E-state index is -0.0571. The molecule has 0 amide bonds. The maximum absolute atomic E-state index is 5.62. The van der Waals surface area contributed by atoms with E-state index in [1.54, 1.807) is 7.05 Å². The van der Waals surface area contributed by atoms with Crippen LogP contribution in [0.4, 0.5) is 0 Å². The molecule has 2 aromatic rings. The Morgan fingerprint density at radius 1 is 1.56 bits per heavy atom. The molecule has 3 N–H and O–H groups in total. The third kappa shape index (κ3) is 3.25. The van der Waals surface area contributed by atoms with Crippen LogP contribution in [-0.2, 0) is 13.5 Å². The van der Waals surface area contributed by atoms with Crippen LogP contribution >= 0.6 is 38.5 Å². The SMILES string of the molecule is Cn1nnc(CC(NN)c2cc(I)ccc2Br)n1. The van der Waals surface area contributed by atoms with Gasteiger partial charge in [-0.15, -0.1) is 10.2 Å². The topological polar surface area (TPSA) is 81.7 Å². The molecule has 0 bridgehead atoms. The highest BCUT2D eigenvalue weighted by atomic mass is 127. The van der Waals surface area contributed by atoms with Gasteiger partial charge in [-0.1, -0.05) is 15.9 Å². The summed E-state index contributed by atoms with van der Waals surface area (Å²) >= 11 is 5.80. The Morgan fingerprint density at radius 3 is 2.94 bits per heavy atom. The van der Waals surface area contributed by atoms with Crippen molar-refractivity contribution >= 4 is 38.5 Å². The molecular formula is C10H12BrIN6. The van der Waals surface area contributed by atoms with Gasteiger partial charge in [-0.2, -0.15) is 4.80 Å². The van der Waals surface area contributed by atoms with Crippen LogP contribution in [0.3, 0.4) is 0 Å². The number of aromatic nitrogens is 4. The first-order valence-electron chi connectivity index (χ1n) is 5.24. The monoisotopic (exact) mass is 422 g/mol. The Hall–Kier alpha value is -0.580. The number of hydrogen-bond donors (Lipinski definition) is 2. The zero-order valence-electron chi connectivity index (χ0n) is 9.64. The van der Waals surface area contributed by atoms with Crippen molar-refractivity contribution in [1.29, 1.82) is 0 Å². The molecule has 1 unspecified atom stereocenters. The summed E-state index contributed by atoms with van der Waals surface area (Å²) in [5, 5.41) is 11.9. The van der Waals surface area contributed by atoms with Crippen molar-refractivity contribution in [1.82, 2.24) is 25.6 Å². The van der Waals surface area contributed by atoms with Crippen molar-refractivity contribution in [2.24, 2.45) is 12.9 Å². The second kappa shape index (κ2) is 6.04. The Kier molecular flexibility index (Phi) is 4.65. The lowest BCUT2D eigenvalue weighted by Crippen LogP contribution is -2.30. The Balaban J connectivity index is 2.25. The number of hydrogen-bond acceptors (Lipinski definition) is 5. The summed E-state index contributed by atoms with van der Waals surface area (Å²) < 4.78 is 2.16. The standard InChI is InChI=1S/C10H12BrIN6/c1-18-16-10(15-17-18)5-9(14-13)7-4-6(12)2-3-8(7)11/h2-4,9,14H,5,13H2,1H3. The van der Waals surface area contributed by atoms with Gasteiger partial charge < -0.3 is 0 Å². The van der Waals surface area contributed by atoms with Gasteiger partial charge in [-0.05, 0) is 51.6 Å². The molecule has 1 atom stereocenters. The van der Waals surface area contributed by atoms with Gasteiger partial charge in [-0.25, -0.2) is 0 Å². The van der Waals surface area contributed by atoms with E-state index in [0.717, 1.165) is 13.6 Å². The van der Waals surface area contributed by atoms with Gasteiger partial charge in [0.25, 0.3) is 0 Å². The molecule has 0 fully saturated rings. The minimum absolute atomic E-state index is 0.0571. The third-order valence-electron chi connectivity index (χ3n) is 2.47. The summed E-state index contributed by atoms with van der Waals surface area (Å²) in [5.41, 5.74) is 3.87. The van der Waals surface area contributed by atoms with Gasteiger partial charge in [0.1, 0.15) is 0 Å². The molecule has 1 heterocycles. The van der Waals surface area contributed by atoms with E-state index >= 15 is 0 Å². The van der Waals surface area contributed by atoms with Crippen LogP contribution in [0.15, 0.2) is 22.7 Å². The number of aryl methyl sites for hydroxylation is 1. The molecule has 0 saturated carbocycles. The van der Waals surface area contributed by atoms with E-state index in [1.165, 1.54) is 4.80 Å². The van der Waals surface area contributed by atoms with Crippen molar-refractivity contribution < 1.29 is 0 Å². The molecule has 0 aliphatic carbocycles. The second-order valence-electron chi connectivity index (χ2n) is 3.78. The lowest BCUT2D eigenvalue weighted by atomic mass is 10.0.